The van der Waals surface area contributed by atoms with Crippen molar-refractivity contribution in [2.24, 2.45) is 10.2 Å². The minimum Gasteiger partial charge on any atom is -0.497 e. The Kier molecular flexibility index (Phi) is 4.89. The number of ether oxygens (including phenoxy) is 2. The summed E-state index contributed by atoms with van der Waals surface area (Å²) in [6, 6.07) is 15.2. The fourth-order valence-electron chi connectivity index (χ4n) is 1.58. The highest BCUT2D eigenvalue weighted by Gasteiger charge is 1.91. The highest BCUT2D eigenvalue weighted by atomic mass is 16.5. The standard InChI is InChI=1S/C16H16N2O2/c1-19-15-7-3-13(4-8-15)11-17-18-12-14-5-9-16(20-2)10-6-14/h3-12H,1-2H3/b17-11+,18-12+. The first kappa shape index (κ1) is 13.8. The second-order valence-corrected chi connectivity index (χ2v) is 4.04. The minimum atomic E-state index is 0.823. The van der Waals surface area contributed by atoms with Crippen molar-refractivity contribution in [1.82, 2.24) is 0 Å². The van der Waals surface area contributed by atoms with Crippen LogP contribution in [0, 0.1) is 0 Å². The van der Waals surface area contributed by atoms with E-state index in [0.717, 1.165) is 22.6 Å². The molecule has 0 aliphatic heterocycles. The Morgan fingerprint density at radius 3 is 1.30 bits per heavy atom. The van der Waals surface area contributed by atoms with Crippen LogP contribution in [0.2, 0.25) is 0 Å². The molecule has 0 saturated heterocycles. The molecule has 0 amide bonds. The van der Waals surface area contributed by atoms with Gasteiger partial charge < -0.3 is 9.47 Å². The Morgan fingerprint density at radius 2 is 1.00 bits per heavy atom. The van der Waals surface area contributed by atoms with Gasteiger partial charge in [0.25, 0.3) is 0 Å². The van der Waals surface area contributed by atoms with Crippen LogP contribution >= 0.6 is 0 Å². The second kappa shape index (κ2) is 7.09. The first-order valence-electron chi connectivity index (χ1n) is 6.16. The van der Waals surface area contributed by atoms with Crippen LogP contribution < -0.4 is 9.47 Å². The maximum Gasteiger partial charge on any atom is 0.118 e. The Morgan fingerprint density at radius 1 is 0.650 bits per heavy atom. The van der Waals surface area contributed by atoms with Gasteiger partial charge in [-0.05, 0) is 59.7 Å². The van der Waals surface area contributed by atoms with Crippen molar-refractivity contribution >= 4 is 12.4 Å². The normalized spacial score (nSPS) is 11.1. The zero-order valence-corrected chi connectivity index (χ0v) is 11.5. The highest BCUT2D eigenvalue weighted by Crippen LogP contribution is 2.10. The van der Waals surface area contributed by atoms with Gasteiger partial charge in [-0.2, -0.15) is 10.2 Å². The molecule has 0 bridgehead atoms. The first-order chi connectivity index (χ1) is 9.81. The second-order valence-electron chi connectivity index (χ2n) is 4.04. The number of benzene rings is 2. The lowest BCUT2D eigenvalue weighted by Gasteiger charge is -1.98. The summed E-state index contributed by atoms with van der Waals surface area (Å²) in [5.74, 6) is 1.65. The van der Waals surface area contributed by atoms with Crippen molar-refractivity contribution in [3.05, 3.63) is 59.7 Å². The zero-order valence-electron chi connectivity index (χ0n) is 11.5. The van der Waals surface area contributed by atoms with Crippen LogP contribution in [-0.2, 0) is 0 Å². The summed E-state index contributed by atoms with van der Waals surface area (Å²) >= 11 is 0. The molecular formula is C16H16N2O2. The van der Waals surface area contributed by atoms with E-state index in [4.69, 9.17) is 9.47 Å². The number of methoxy groups -OCH3 is 2. The van der Waals surface area contributed by atoms with E-state index in [9.17, 15) is 0 Å². The molecule has 4 heteroatoms. The maximum absolute atomic E-state index is 5.09. The molecule has 2 aromatic carbocycles. The Labute approximate surface area is 118 Å². The van der Waals surface area contributed by atoms with Crippen molar-refractivity contribution in [1.29, 1.82) is 0 Å². The van der Waals surface area contributed by atoms with Crippen molar-refractivity contribution in [2.45, 2.75) is 0 Å². The first-order valence-corrected chi connectivity index (χ1v) is 6.16. The van der Waals surface area contributed by atoms with Crippen LogP contribution in [-0.4, -0.2) is 26.6 Å². The zero-order chi connectivity index (χ0) is 14.2. The SMILES string of the molecule is COc1ccc(/C=N/N=C/c2ccc(OC)cc2)cc1. The lowest BCUT2D eigenvalue weighted by atomic mass is 10.2. The quantitative estimate of drug-likeness (QED) is 0.617. The lowest BCUT2D eigenvalue weighted by Crippen LogP contribution is -1.85. The summed E-state index contributed by atoms with van der Waals surface area (Å²) in [4.78, 5) is 0. The van der Waals surface area contributed by atoms with E-state index in [2.05, 4.69) is 10.2 Å². The van der Waals surface area contributed by atoms with Gasteiger partial charge in [-0.15, -0.1) is 0 Å². The molecule has 0 radical (unpaired) electrons. The van der Waals surface area contributed by atoms with E-state index in [-0.39, 0.29) is 0 Å². The Bertz CT molecular complexity index is 531. The molecule has 2 rings (SSSR count). The monoisotopic (exact) mass is 268 g/mol. The van der Waals surface area contributed by atoms with Gasteiger partial charge in [-0.25, -0.2) is 0 Å². The van der Waals surface area contributed by atoms with Gasteiger partial charge in [0.15, 0.2) is 0 Å². The maximum atomic E-state index is 5.09. The predicted octanol–water partition coefficient (Wildman–Crippen LogP) is 3.16. The van der Waals surface area contributed by atoms with E-state index < -0.39 is 0 Å². The van der Waals surface area contributed by atoms with Crippen molar-refractivity contribution in [2.75, 3.05) is 14.2 Å². The molecule has 0 heterocycles. The van der Waals surface area contributed by atoms with Crippen molar-refractivity contribution < 1.29 is 9.47 Å². The molecule has 0 saturated carbocycles. The molecule has 0 aliphatic rings. The Balaban J connectivity index is 1.95. The summed E-state index contributed by atoms with van der Waals surface area (Å²) in [7, 11) is 3.28. The molecule has 4 nitrogen and oxygen atoms in total. The molecule has 102 valence electrons. The largest absolute Gasteiger partial charge is 0.497 e. The van der Waals surface area contributed by atoms with Crippen LogP contribution in [0.15, 0.2) is 58.7 Å². The van der Waals surface area contributed by atoms with Crippen LogP contribution in [0.25, 0.3) is 0 Å². The predicted molar refractivity (Wildman–Crippen MR) is 81.2 cm³/mol. The van der Waals surface area contributed by atoms with Crippen molar-refractivity contribution in [3.8, 4) is 11.5 Å². The fraction of sp³-hybridized carbons (Fsp3) is 0.125. The van der Waals surface area contributed by atoms with Gasteiger partial charge in [0.1, 0.15) is 11.5 Å². The molecular weight excluding hydrogens is 252 g/mol. The summed E-state index contributed by atoms with van der Waals surface area (Å²) < 4.78 is 10.2. The molecule has 2 aromatic rings. The molecule has 0 spiro atoms. The van der Waals surface area contributed by atoms with Gasteiger partial charge in [0.05, 0.1) is 26.6 Å². The van der Waals surface area contributed by atoms with Crippen LogP contribution in [0.5, 0.6) is 11.5 Å². The topological polar surface area (TPSA) is 43.2 Å². The van der Waals surface area contributed by atoms with Crippen LogP contribution in [0.3, 0.4) is 0 Å². The van der Waals surface area contributed by atoms with E-state index in [1.807, 2.05) is 48.5 Å². The molecule has 0 atom stereocenters. The number of hydrogen-bond acceptors (Lipinski definition) is 4. The summed E-state index contributed by atoms with van der Waals surface area (Å²) in [6.45, 7) is 0. The molecule has 0 N–H and O–H groups in total. The van der Waals surface area contributed by atoms with Gasteiger partial charge >= 0.3 is 0 Å². The third kappa shape index (κ3) is 3.95. The smallest absolute Gasteiger partial charge is 0.118 e. The van der Waals surface area contributed by atoms with Crippen LogP contribution in [0.1, 0.15) is 11.1 Å². The Hall–Kier alpha value is -2.62. The van der Waals surface area contributed by atoms with Crippen LogP contribution in [0.4, 0.5) is 0 Å². The number of rotatable bonds is 5. The van der Waals surface area contributed by atoms with Gasteiger partial charge in [0, 0.05) is 0 Å². The van der Waals surface area contributed by atoms with Gasteiger partial charge in [-0.3, -0.25) is 0 Å². The fourth-order valence-corrected chi connectivity index (χ4v) is 1.58. The summed E-state index contributed by atoms with van der Waals surface area (Å²) in [6.07, 6.45) is 3.39. The van der Waals surface area contributed by atoms with E-state index in [0.29, 0.717) is 0 Å². The van der Waals surface area contributed by atoms with E-state index in [1.165, 1.54) is 0 Å². The van der Waals surface area contributed by atoms with Gasteiger partial charge in [0.2, 0.25) is 0 Å². The average molecular weight is 268 g/mol. The lowest BCUT2D eigenvalue weighted by molar-refractivity contribution is 0.414. The molecule has 20 heavy (non-hydrogen) atoms. The van der Waals surface area contributed by atoms with E-state index in [1.54, 1.807) is 26.6 Å². The van der Waals surface area contributed by atoms with E-state index >= 15 is 0 Å². The molecule has 0 aliphatic carbocycles. The molecule has 0 aromatic heterocycles. The third-order valence-electron chi connectivity index (χ3n) is 2.71. The number of nitrogens with zero attached hydrogens (tertiary/aromatic N) is 2. The average Bonchev–Trinajstić information content (AvgIpc) is 2.53. The van der Waals surface area contributed by atoms with Crippen molar-refractivity contribution in [3.63, 3.8) is 0 Å². The van der Waals surface area contributed by atoms with Gasteiger partial charge in [-0.1, -0.05) is 0 Å². The minimum absolute atomic E-state index is 0.823. The summed E-state index contributed by atoms with van der Waals surface area (Å²) in [5, 5.41) is 8.01. The summed E-state index contributed by atoms with van der Waals surface area (Å²) in [5.41, 5.74) is 1.94. The highest BCUT2D eigenvalue weighted by molar-refractivity contribution is 5.82. The molecule has 0 fully saturated rings. The molecule has 0 unspecified atom stereocenters. The third-order valence-corrected chi connectivity index (χ3v) is 2.71. The number of hydrogen-bond donors (Lipinski definition) is 0.